The number of nitrogens with one attached hydrogen (secondary N) is 1. The third-order valence-electron chi connectivity index (χ3n) is 4.54. The van der Waals surface area contributed by atoms with Gasteiger partial charge >= 0.3 is 0 Å². The minimum Gasteiger partial charge on any atom is -0.484 e. The monoisotopic (exact) mass is 339 g/mol. The molecule has 132 valence electrons. The summed E-state index contributed by atoms with van der Waals surface area (Å²) in [7, 11) is 0. The summed E-state index contributed by atoms with van der Waals surface area (Å²) in [5, 5.41) is 2.82. The molecule has 5 nitrogen and oxygen atoms in total. The van der Waals surface area contributed by atoms with E-state index < -0.39 is 0 Å². The van der Waals surface area contributed by atoms with Gasteiger partial charge in [-0.3, -0.25) is 4.79 Å². The van der Waals surface area contributed by atoms with Crippen LogP contribution in [0.25, 0.3) is 0 Å². The van der Waals surface area contributed by atoms with Crippen LogP contribution >= 0.6 is 0 Å². The van der Waals surface area contributed by atoms with E-state index in [1.807, 2.05) is 42.5 Å². The van der Waals surface area contributed by atoms with Crippen LogP contribution in [0.5, 0.6) is 5.75 Å². The summed E-state index contributed by atoms with van der Waals surface area (Å²) in [5.41, 5.74) is 0.690. The molecule has 1 saturated heterocycles. The van der Waals surface area contributed by atoms with Gasteiger partial charge in [-0.15, -0.1) is 0 Å². The number of hydrogen-bond acceptors (Lipinski definition) is 4. The predicted molar refractivity (Wildman–Crippen MR) is 100 cm³/mol. The van der Waals surface area contributed by atoms with Gasteiger partial charge in [-0.25, -0.2) is 4.98 Å². The maximum absolute atomic E-state index is 12.0. The lowest BCUT2D eigenvalue weighted by Crippen LogP contribution is -2.39. The zero-order chi connectivity index (χ0) is 17.5. The molecule has 0 saturated carbocycles. The van der Waals surface area contributed by atoms with E-state index in [9.17, 15) is 4.79 Å². The Labute approximate surface area is 149 Å². The lowest BCUT2D eigenvalue weighted by atomic mass is 10.00. The number of ether oxygens (including phenoxy) is 1. The minimum absolute atomic E-state index is 0.0181. The summed E-state index contributed by atoms with van der Waals surface area (Å²) in [4.78, 5) is 18.9. The third-order valence-corrected chi connectivity index (χ3v) is 4.54. The molecule has 1 aromatic heterocycles. The normalized spacial score (nSPS) is 17.2. The van der Waals surface area contributed by atoms with Crippen molar-refractivity contribution in [3.63, 3.8) is 0 Å². The summed E-state index contributed by atoms with van der Waals surface area (Å²) in [6.07, 6.45) is 6.60. The molecule has 1 N–H and O–H groups in total. The van der Waals surface area contributed by atoms with E-state index in [2.05, 4.69) is 22.1 Å². The molecule has 1 aliphatic heterocycles. The molecule has 1 amide bonds. The Hall–Kier alpha value is -2.56. The van der Waals surface area contributed by atoms with Crippen molar-refractivity contribution in [1.29, 1.82) is 0 Å². The third kappa shape index (κ3) is 4.72. The molecule has 1 atom stereocenters. The fourth-order valence-electron chi connectivity index (χ4n) is 3.22. The molecule has 0 spiro atoms. The summed E-state index contributed by atoms with van der Waals surface area (Å²) in [6.45, 7) is 3.27. The highest BCUT2D eigenvalue weighted by atomic mass is 16.5. The van der Waals surface area contributed by atoms with Crippen LogP contribution in [0.4, 0.5) is 11.5 Å². The van der Waals surface area contributed by atoms with Gasteiger partial charge in [0.05, 0.1) is 11.9 Å². The van der Waals surface area contributed by atoms with Crippen LogP contribution in [0.2, 0.25) is 0 Å². The predicted octanol–water partition coefficient (Wildman–Crippen LogP) is 3.87. The van der Waals surface area contributed by atoms with Crippen LogP contribution in [0, 0.1) is 0 Å². The fourth-order valence-corrected chi connectivity index (χ4v) is 3.22. The number of para-hydroxylation sites is 1. The summed E-state index contributed by atoms with van der Waals surface area (Å²) in [6, 6.07) is 13.8. The Bertz CT molecular complexity index is 673. The highest BCUT2D eigenvalue weighted by molar-refractivity contribution is 5.91. The van der Waals surface area contributed by atoms with Gasteiger partial charge < -0.3 is 15.0 Å². The first kappa shape index (κ1) is 17.3. The van der Waals surface area contributed by atoms with Crippen LogP contribution in [-0.4, -0.2) is 30.1 Å². The van der Waals surface area contributed by atoms with Crippen molar-refractivity contribution >= 4 is 17.4 Å². The van der Waals surface area contributed by atoms with E-state index in [1.165, 1.54) is 19.3 Å². The minimum atomic E-state index is -0.192. The second-order valence-corrected chi connectivity index (χ2v) is 6.31. The molecule has 0 aliphatic carbocycles. The summed E-state index contributed by atoms with van der Waals surface area (Å²) >= 11 is 0. The summed E-state index contributed by atoms with van der Waals surface area (Å²) in [5.74, 6) is 1.48. The molecule has 25 heavy (non-hydrogen) atoms. The Kier molecular flexibility index (Phi) is 5.88. The Morgan fingerprint density at radius 1 is 1.24 bits per heavy atom. The average Bonchev–Trinajstić information content (AvgIpc) is 2.68. The lowest BCUT2D eigenvalue weighted by Gasteiger charge is -2.36. The molecular weight excluding hydrogens is 314 g/mol. The number of nitrogens with zero attached hydrogens (tertiary/aromatic N) is 2. The second-order valence-electron chi connectivity index (χ2n) is 6.31. The average molecular weight is 339 g/mol. The van der Waals surface area contributed by atoms with Crippen molar-refractivity contribution in [2.75, 3.05) is 23.4 Å². The first-order valence-corrected chi connectivity index (χ1v) is 8.96. The van der Waals surface area contributed by atoms with Crippen molar-refractivity contribution in [3.05, 3.63) is 48.7 Å². The van der Waals surface area contributed by atoms with Crippen molar-refractivity contribution in [2.24, 2.45) is 0 Å². The molecule has 1 unspecified atom stereocenters. The van der Waals surface area contributed by atoms with Gasteiger partial charge in [-0.2, -0.15) is 0 Å². The van der Waals surface area contributed by atoms with Crippen molar-refractivity contribution < 1.29 is 9.53 Å². The Morgan fingerprint density at radius 2 is 2.08 bits per heavy atom. The first-order valence-electron chi connectivity index (χ1n) is 8.96. The number of amides is 1. The fraction of sp³-hybridized carbons (Fsp3) is 0.400. The number of carbonyl (C=O) groups is 1. The number of pyridine rings is 1. The molecule has 2 aromatic rings. The smallest absolute Gasteiger partial charge is 0.262 e. The quantitative estimate of drug-likeness (QED) is 0.868. The van der Waals surface area contributed by atoms with Crippen LogP contribution < -0.4 is 15.0 Å². The molecule has 3 rings (SSSR count). The van der Waals surface area contributed by atoms with Gasteiger partial charge in [0, 0.05) is 12.6 Å². The number of rotatable bonds is 6. The zero-order valence-corrected chi connectivity index (χ0v) is 14.6. The standard InChI is InChI=1S/C20H25N3O2/c1-2-17-8-6-7-13-23(17)19-12-11-16(14-21-19)22-20(24)15-25-18-9-4-3-5-10-18/h3-5,9-12,14,17H,2,6-8,13,15H2,1H3,(H,22,24). The highest BCUT2D eigenvalue weighted by Gasteiger charge is 2.21. The topological polar surface area (TPSA) is 54.5 Å². The van der Waals surface area contributed by atoms with Crippen molar-refractivity contribution in [2.45, 2.75) is 38.6 Å². The van der Waals surface area contributed by atoms with E-state index in [1.54, 1.807) is 6.20 Å². The maximum atomic E-state index is 12.0. The number of hydrogen-bond donors (Lipinski definition) is 1. The van der Waals surface area contributed by atoms with Crippen LogP contribution in [0.15, 0.2) is 48.7 Å². The van der Waals surface area contributed by atoms with E-state index in [-0.39, 0.29) is 12.5 Å². The van der Waals surface area contributed by atoms with E-state index >= 15 is 0 Å². The molecule has 0 bridgehead atoms. The first-order chi connectivity index (χ1) is 12.3. The van der Waals surface area contributed by atoms with Gasteiger partial charge in [0.2, 0.25) is 0 Å². The van der Waals surface area contributed by atoms with E-state index in [4.69, 9.17) is 4.74 Å². The number of benzene rings is 1. The molecule has 5 heteroatoms. The van der Waals surface area contributed by atoms with Gasteiger partial charge in [0.25, 0.3) is 5.91 Å². The Morgan fingerprint density at radius 3 is 2.80 bits per heavy atom. The molecule has 1 fully saturated rings. The molecule has 2 heterocycles. The van der Waals surface area contributed by atoms with Crippen LogP contribution in [0.1, 0.15) is 32.6 Å². The molecule has 1 aliphatic rings. The zero-order valence-electron chi connectivity index (χ0n) is 14.6. The van der Waals surface area contributed by atoms with Gasteiger partial charge in [0.1, 0.15) is 11.6 Å². The molecule has 1 aromatic carbocycles. The van der Waals surface area contributed by atoms with Gasteiger partial charge in [-0.05, 0) is 49.9 Å². The SMILES string of the molecule is CCC1CCCCN1c1ccc(NC(=O)COc2ccccc2)cn1. The molecule has 0 radical (unpaired) electrons. The second kappa shape index (κ2) is 8.51. The number of aromatic nitrogens is 1. The van der Waals surface area contributed by atoms with Crippen molar-refractivity contribution in [3.8, 4) is 5.75 Å². The van der Waals surface area contributed by atoms with E-state index in [0.717, 1.165) is 18.8 Å². The van der Waals surface area contributed by atoms with Crippen molar-refractivity contribution in [1.82, 2.24) is 4.98 Å². The Balaban J connectivity index is 1.54. The van der Waals surface area contributed by atoms with Gasteiger partial charge in [0.15, 0.2) is 6.61 Å². The summed E-state index contributed by atoms with van der Waals surface area (Å²) < 4.78 is 5.45. The number of piperidine rings is 1. The number of carbonyl (C=O) groups excluding carboxylic acids is 1. The largest absolute Gasteiger partial charge is 0.484 e. The van der Waals surface area contributed by atoms with Gasteiger partial charge in [-0.1, -0.05) is 25.1 Å². The van der Waals surface area contributed by atoms with E-state index in [0.29, 0.717) is 17.5 Å². The van der Waals surface area contributed by atoms with Crippen LogP contribution in [0.3, 0.4) is 0 Å². The number of anilines is 2. The highest BCUT2D eigenvalue weighted by Crippen LogP contribution is 2.25. The lowest BCUT2D eigenvalue weighted by molar-refractivity contribution is -0.118. The molecular formula is C20H25N3O2. The maximum Gasteiger partial charge on any atom is 0.262 e. The van der Waals surface area contributed by atoms with Crippen LogP contribution in [-0.2, 0) is 4.79 Å².